The Hall–Kier alpha value is -1.94. The summed E-state index contributed by atoms with van der Waals surface area (Å²) in [5.41, 5.74) is 1.40. The first kappa shape index (κ1) is 15.9. The lowest BCUT2D eigenvalue weighted by Crippen LogP contribution is -2.36. The number of ether oxygens (including phenoxy) is 1. The van der Waals surface area contributed by atoms with Crippen LogP contribution in [0.25, 0.3) is 10.9 Å². The molecule has 0 aliphatic heterocycles. The maximum atomic E-state index is 11.7. The number of fused-ring (bicyclic) bond motifs is 1. The van der Waals surface area contributed by atoms with Crippen molar-refractivity contribution in [2.75, 3.05) is 6.61 Å². The Labute approximate surface area is 136 Å². The highest BCUT2D eigenvalue weighted by Crippen LogP contribution is 2.41. The second-order valence-electron chi connectivity index (χ2n) is 6.40. The second kappa shape index (κ2) is 6.67. The van der Waals surface area contributed by atoms with Crippen molar-refractivity contribution in [3.05, 3.63) is 42.1 Å². The number of nitrogens with zero attached hydrogens (tertiary/aromatic N) is 1. The van der Waals surface area contributed by atoms with Gasteiger partial charge in [-0.1, -0.05) is 18.2 Å². The van der Waals surface area contributed by atoms with Crippen molar-refractivity contribution in [2.24, 2.45) is 0 Å². The van der Waals surface area contributed by atoms with Crippen molar-refractivity contribution in [1.29, 1.82) is 0 Å². The third-order valence-electron chi connectivity index (χ3n) is 4.82. The maximum Gasteiger partial charge on any atom is 0.308 e. The molecule has 4 heteroatoms. The van der Waals surface area contributed by atoms with Gasteiger partial charge in [0.1, 0.15) is 0 Å². The van der Waals surface area contributed by atoms with Crippen molar-refractivity contribution < 1.29 is 14.6 Å². The van der Waals surface area contributed by atoms with E-state index in [9.17, 15) is 9.90 Å². The lowest BCUT2D eigenvalue weighted by Gasteiger charge is -2.35. The minimum atomic E-state index is -0.911. The van der Waals surface area contributed by atoms with Crippen LogP contribution in [0.4, 0.5) is 0 Å². The zero-order valence-corrected chi connectivity index (χ0v) is 13.5. The summed E-state index contributed by atoms with van der Waals surface area (Å²) in [4.78, 5) is 16.1. The number of aliphatic hydroxyl groups is 1. The Morgan fingerprint density at radius 2 is 2.04 bits per heavy atom. The molecule has 1 aromatic heterocycles. The quantitative estimate of drug-likeness (QED) is 0.877. The average molecular weight is 313 g/mol. The zero-order chi connectivity index (χ0) is 16.3. The lowest BCUT2D eigenvalue weighted by molar-refractivity contribution is -0.150. The number of esters is 1. The number of hydrogen-bond donors (Lipinski definition) is 1. The van der Waals surface area contributed by atoms with E-state index in [0.29, 0.717) is 25.4 Å². The summed E-state index contributed by atoms with van der Waals surface area (Å²) < 4.78 is 4.97. The molecule has 0 unspecified atom stereocenters. The molecular weight excluding hydrogens is 290 g/mol. The average Bonchev–Trinajstić information content (AvgIpc) is 2.55. The molecule has 23 heavy (non-hydrogen) atoms. The standard InChI is InChI=1S/C19H23NO3/c1-2-23-18(21)13-19(22)10-7-14(8-11-19)15-9-12-20-17-6-4-3-5-16(15)17/h3-6,9,12,14,22H,2,7-8,10-11,13H2,1H3/t14-,19+. The molecule has 1 saturated carbocycles. The van der Waals surface area contributed by atoms with Crippen LogP contribution in [0.5, 0.6) is 0 Å². The molecule has 0 spiro atoms. The third kappa shape index (κ3) is 3.53. The van der Waals surface area contributed by atoms with Crippen LogP contribution < -0.4 is 0 Å². The van der Waals surface area contributed by atoms with E-state index in [1.54, 1.807) is 6.92 Å². The molecule has 1 N–H and O–H groups in total. The van der Waals surface area contributed by atoms with Gasteiger partial charge in [0, 0.05) is 11.6 Å². The van der Waals surface area contributed by atoms with Crippen LogP contribution in [-0.4, -0.2) is 28.3 Å². The molecule has 1 heterocycles. The SMILES string of the molecule is CCOC(=O)C[C@]1(O)CC[C@@H](c2ccnc3ccccc32)CC1. The molecule has 0 radical (unpaired) electrons. The molecule has 0 atom stereocenters. The van der Waals surface area contributed by atoms with E-state index in [2.05, 4.69) is 17.1 Å². The van der Waals surface area contributed by atoms with Gasteiger partial charge in [0.05, 0.1) is 24.1 Å². The van der Waals surface area contributed by atoms with Gasteiger partial charge in [-0.15, -0.1) is 0 Å². The summed E-state index contributed by atoms with van der Waals surface area (Å²) in [5.74, 6) is 0.105. The van der Waals surface area contributed by atoms with Crippen LogP contribution >= 0.6 is 0 Å². The Bertz CT molecular complexity index is 685. The normalized spacial score (nSPS) is 24.5. The number of para-hydroxylation sites is 1. The molecule has 0 bridgehead atoms. The van der Waals surface area contributed by atoms with Crippen LogP contribution in [0.15, 0.2) is 36.5 Å². The largest absolute Gasteiger partial charge is 0.466 e. The Kier molecular flexibility index (Phi) is 4.62. The first-order chi connectivity index (χ1) is 11.1. The number of benzene rings is 1. The first-order valence-electron chi connectivity index (χ1n) is 8.33. The summed E-state index contributed by atoms with van der Waals surface area (Å²) in [6, 6.07) is 10.3. The van der Waals surface area contributed by atoms with Gasteiger partial charge in [-0.25, -0.2) is 0 Å². The van der Waals surface area contributed by atoms with E-state index in [1.807, 2.05) is 24.4 Å². The van der Waals surface area contributed by atoms with Gasteiger partial charge >= 0.3 is 5.97 Å². The number of pyridine rings is 1. The molecule has 0 saturated heterocycles. The zero-order valence-electron chi connectivity index (χ0n) is 13.5. The fourth-order valence-electron chi connectivity index (χ4n) is 3.60. The van der Waals surface area contributed by atoms with Gasteiger partial charge < -0.3 is 9.84 Å². The van der Waals surface area contributed by atoms with Crippen molar-refractivity contribution in [3.8, 4) is 0 Å². The highest BCUT2D eigenvalue weighted by Gasteiger charge is 2.36. The van der Waals surface area contributed by atoms with Gasteiger partial charge in [0.25, 0.3) is 0 Å². The van der Waals surface area contributed by atoms with Gasteiger partial charge in [0.2, 0.25) is 0 Å². The monoisotopic (exact) mass is 313 g/mol. The highest BCUT2D eigenvalue weighted by molar-refractivity contribution is 5.82. The smallest absolute Gasteiger partial charge is 0.308 e. The van der Waals surface area contributed by atoms with E-state index in [1.165, 1.54) is 10.9 Å². The van der Waals surface area contributed by atoms with E-state index in [4.69, 9.17) is 4.74 Å². The first-order valence-corrected chi connectivity index (χ1v) is 8.33. The van der Waals surface area contributed by atoms with E-state index in [-0.39, 0.29) is 12.4 Å². The fraction of sp³-hybridized carbons (Fsp3) is 0.474. The minimum Gasteiger partial charge on any atom is -0.466 e. The molecule has 1 aliphatic carbocycles. The van der Waals surface area contributed by atoms with Crippen LogP contribution in [-0.2, 0) is 9.53 Å². The van der Waals surface area contributed by atoms with E-state index in [0.717, 1.165) is 18.4 Å². The van der Waals surface area contributed by atoms with Crippen molar-refractivity contribution in [2.45, 2.75) is 50.5 Å². The molecule has 0 amide bonds. The van der Waals surface area contributed by atoms with Gasteiger partial charge in [-0.3, -0.25) is 9.78 Å². The Morgan fingerprint density at radius 3 is 2.78 bits per heavy atom. The molecule has 1 fully saturated rings. The number of carbonyl (C=O) groups excluding carboxylic acids is 1. The highest BCUT2D eigenvalue weighted by atomic mass is 16.5. The summed E-state index contributed by atoms with van der Waals surface area (Å²) in [6.07, 6.45) is 4.98. The summed E-state index contributed by atoms with van der Waals surface area (Å²) in [5, 5.41) is 11.8. The molecule has 1 aromatic carbocycles. The molecule has 2 aromatic rings. The van der Waals surface area contributed by atoms with Crippen LogP contribution in [0.1, 0.15) is 50.5 Å². The second-order valence-corrected chi connectivity index (χ2v) is 6.40. The molecule has 3 rings (SSSR count). The summed E-state index contributed by atoms with van der Waals surface area (Å²) >= 11 is 0. The van der Waals surface area contributed by atoms with Gasteiger partial charge in [-0.2, -0.15) is 0 Å². The van der Waals surface area contributed by atoms with Crippen molar-refractivity contribution in [1.82, 2.24) is 4.98 Å². The Morgan fingerprint density at radius 1 is 1.30 bits per heavy atom. The van der Waals surface area contributed by atoms with Crippen molar-refractivity contribution >= 4 is 16.9 Å². The number of aromatic nitrogens is 1. The predicted octanol–water partition coefficient (Wildman–Crippen LogP) is 3.58. The maximum absolute atomic E-state index is 11.7. The van der Waals surface area contributed by atoms with Crippen LogP contribution in [0.3, 0.4) is 0 Å². The fourth-order valence-corrected chi connectivity index (χ4v) is 3.60. The Balaban J connectivity index is 1.72. The summed E-state index contributed by atoms with van der Waals surface area (Å²) in [6.45, 7) is 2.15. The topological polar surface area (TPSA) is 59.4 Å². The van der Waals surface area contributed by atoms with Crippen molar-refractivity contribution in [3.63, 3.8) is 0 Å². The number of carbonyl (C=O) groups is 1. The minimum absolute atomic E-state index is 0.102. The lowest BCUT2D eigenvalue weighted by atomic mass is 9.74. The van der Waals surface area contributed by atoms with E-state index < -0.39 is 5.60 Å². The molecular formula is C19H23NO3. The summed E-state index contributed by atoms with van der Waals surface area (Å²) in [7, 11) is 0. The predicted molar refractivity (Wildman–Crippen MR) is 89.2 cm³/mol. The van der Waals surface area contributed by atoms with Gasteiger partial charge in [-0.05, 0) is 56.2 Å². The number of hydrogen-bond acceptors (Lipinski definition) is 4. The third-order valence-corrected chi connectivity index (χ3v) is 4.82. The van der Waals surface area contributed by atoms with Crippen LogP contribution in [0.2, 0.25) is 0 Å². The molecule has 4 nitrogen and oxygen atoms in total. The molecule has 1 aliphatic rings. The van der Waals surface area contributed by atoms with Crippen LogP contribution in [0, 0.1) is 0 Å². The molecule has 122 valence electrons. The number of rotatable bonds is 4. The van der Waals surface area contributed by atoms with Gasteiger partial charge in [0.15, 0.2) is 0 Å². The van der Waals surface area contributed by atoms with E-state index >= 15 is 0 Å².